The van der Waals surface area contributed by atoms with E-state index in [9.17, 15) is 9.59 Å². The summed E-state index contributed by atoms with van der Waals surface area (Å²) in [5, 5.41) is 0.694. The van der Waals surface area contributed by atoms with E-state index in [2.05, 4.69) is 9.80 Å². The van der Waals surface area contributed by atoms with Gasteiger partial charge < -0.3 is 9.80 Å². The standard InChI is InChI=1S/C27H36ClN3O2/c28-22-9-6-21(7-10-22)8-11-25(32)30-14-12-27(13-15-30)20-24(27)26(33)31-18-16-29(17-19-31)23-4-2-1-3-5-23/h6-11,23-24H,1-5,12-20H2/b11-8+. The first-order valence-electron chi connectivity index (χ1n) is 12.8. The van der Waals surface area contributed by atoms with Crippen LogP contribution in [0.4, 0.5) is 0 Å². The molecule has 1 aromatic rings. The molecule has 4 aliphatic rings. The molecule has 1 spiro atoms. The van der Waals surface area contributed by atoms with Gasteiger partial charge in [-0.05, 0) is 61.3 Å². The van der Waals surface area contributed by atoms with E-state index < -0.39 is 0 Å². The molecule has 4 fully saturated rings. The monoisotopic (exact) mass is 469 g/mol. The number of benzene rings is 1. The second kappa shape index (κ2) is 9.79. The van der Waals surface area contributed by atoms with Crippen LogP contribution in [0, 0.1) is 11.3 Å². The largest absolute Gasteiger partial charge is 0.340 e. The molecule has 1 aromatic carbocycles. The van der Waals surface area contributed by atoms with Gasteiger partial charge in [0.2, 0.25) is 11.8 Å². The fraction of sp³-hybridized carbons (Fsp3) is 0.630. The van der Waals surface area contributed by atoms with Gasteiger partial charge in [-0.25, -0.2) is 0 Å². The first kappa shape index (κ1) is 22.9. The number of rotatable bonds is 4. The van der Waals surface area contributed by atoms with Crippen LogP contribution in [0.25, 0.3) is 6.08 Å². The highest BCUT2D eigenvalue weighted by atomic mass is 35.5. The summed E-state index contributed by atoms with van der Waals surface area (Å²) in [5.41, 5.74) is 1.12. The number of halogens is 1. The first-order chi connectivity index (χ1) is 16.0. The number of hydrogen-bond donors (Lipinski definition) is 0. The zero-order chi connectivity index (χ0) is 22.8. The zero-order valence-corrected chi connectivity index (χ0v) is 20.3. The van der Waals surface area contributed by atoms with Crippen molar-refractivity contribution in [3.05, 3.63) is 40.9 Å². The van der Waals surface area contributed by atoms with E-state index in [1.54, 1.807) is 6.08 Å². The van der Waals surface area contributed by atoms with Gasteiger partial charge in [0, 0.05) is 62.3 Å². The van der Waals surface area contributed by atoms with Crippen LogP contribution in [0.1, 0.15) is 56.9 Å². The SMILES string of the molecule is O=C(/C=C/c1ccc(Cl)cc1)N1CCC2(CC1)CC2C(=O)N1CCN(C2CCCCC2)CC1. The molecule has 2 saturated heterocycles. The summed E-state index contributed by atoms with van der Waals surface area (Å²) in [6.45, 7) is 5.37. The van der Waals surface area contributed by atoms with E-state index in [1.807, 2.05) is 35.2 Å². The second-order valence-electron chi connectivity index (χ2n) is 10.5. The van der Waals surface area contributed by atoms with E-state index in [4.69, 9.17) is 11.6 Å². The molecule has 33 heavy (non-hydrogen) atoms. The zero-order valence-electron chi connectivity index (χ0n) is 19.6. The molecule has 1 atom stereocenters. The normalized spacial score (nSPS) is 26.2. The molecule has 2 heterocycles. The highest BCUT2D eigenvalue weighted by molar-refractivity contribution is 6.30. The third kappa shape index (κ3) is 5.14. The van der Waals surface area contributed by atoms with Crippen molar-refractivity contribution in [2.75, 3.05) is 39.3 Å². The molecule has 0 radical (unpaired) electrons. The highest BCUT2D eigenvalue weighted by Crippen LogP contribution is 2.60. The Labute approximate surface area is 202 Å². The minimum Gasteiger partial charge on any atom is -0.340 e. The highest BCUT2D eigenvalue weighted by Gasteiger charge is 2.59. The average molecular weight is 470 g/mol. The summed E-state index contributed by atoms with van der Waals surface area (Å²) >= 11 is 5.92. The van der Waals surface area contributed by atoms with Crippen LogP contribution in [-0.4, -0.2) is 71.8 Å². The summed E-state index contributed by atoms with van der Waals surface area (Å²) in [7, 11) is 0. The third-order valence-corrected chi connectivity index (χ3v) is 8.82. The molecule has 2 aliphatic carbocycles. The number of nitrogens with zero attached hydrogens (tertiary/aromatic N) is 3. The van der Waals surface area contributed by atoms with Gasteiger partial charge in [0.15, 0.2) is 0 Å². The second-order valence-corrected chi connectivity index (χ2v) is 10.9. The summed E-state index contributed by atoms with van der Waals surface area (Å²) in [4.78, 5) is 32.5. The van der Waals surface area contributed by atoms with Crippen LogP contribution in [0.2, 0.25) is 5.02 Å². The minimum absolute atomic E-state index is 0.0576. The van der Waals surface area contributed by atoms with Crippen LogP contribution in [0.15, 0.2) is 30.3 Å². The Morgan fingerprint density at radius 2 is 1.55 bits per heavy atom. The van der Waals surface area contributed by atoms with Gasteiger partial charge >= 0.3 is 0 Å². The summed E-state index contributed by atoms with van der Waals surface area (Å²) in [6, 6.07) is 8.23. The smallest absolute Gasteiger partial charge is 0.246 e. The van der Waals surface area contributed by atoms with Crippen molar-refractivity contribution < 1.29 is 9.59 Å². The number of piperazine rings is 1. The first-order valence-corrected chi connectivity index (χ1v) is 13.2. The van der Waals surface area contributed by atoms with Crippen LogP contribution in [-0.2, 0) is 9.59 Å². The maximum Gasteiger partial charge on any atom is 0.246 e. The molecule has 0 aromatic heterocycles. The number of amides is 2. The molecule has 5 nitrogen and oxygen atoms in total. The molecule has 6 heteroatoms. The van der Waals surface area contributed by atoms with Crippen LogP contribution < -0.4 is 0 Å². The fourth-order valence-corrected chi connectivity index (χ4v) is 6.37. The van der Waals surface area contributed by atoms with Gasteiger partial charge in [-0.15, -0.1) is 0 Å². The Kier molecular flexibility index (Phi) is 6.80. The maximum absolute atomic E-state index is 13.2. The lowest BCUT2D eigenvalue weighted by atomic mass is 9.90. The van der Waals surface area contributed by atoms with Crippen LogP contribution >= 0.6 is 11.6 Å². The molecule has 1 unspecified atom stereocenters. The predicted molar refractivity (Wildman–Crippen MR) is 132 cm³/mol. The Balaban J connectivity index is 1.07. The van der Waals surface area contributed by atoms with Crippen molar-refractivity contribution in [2.45, 2.75) is 57.4 Å². The van der Waals surface area contributed by atoms with Crippen molar-refractivity contribution >= 4 is 29.5 Å². The third-order valence-electron chi connectivity index (χ3n) is 8.56. The summed E-state index contributed by atoms with van der Waals surface area (Å²) in [6.07, 6.45) is 13.2. The number of carbonyl (C=O) groups is 2. The molecule has 5 rings (SSSR count). The van der Waals surface area contributed by atoms with Crippen LogP contribution in [0.3, 0.4) is 0 Å². The molecule has 0 bridgehead atoms. The Hall–Kier alpha value is -1.85. The summed E-state index contributed by atoms with van der Waals surface area (Å²) in [5.74, 6) is 0.614. The number of likely N-dealkylation sites (tertiary alicyclic amines) is 1. The van der Waals surface area contributed by atoms with Crippen molar-refractivity contribution in [3.63, 3.8) is 0 Å². The molecular weight excluding hydrogens is 434 g/mol. The van der Waals surface area contributed by atoms with Gasteiger partial charge in [0.05, 0.1) is 0 Å². The Morgan fingerprint density at radius 3 is 2.21 bits per heavy atom. The fourth-order valence-electron chi connectivity index (χ4n) is 6.24. The van der Waals surface area contributed by atoms with E-state index in [-0.39, 0.29) is 17.2 Å². The molecule has 2 aliphatic heterocycles. The Bertz CT molecular complexity index is 877. The topological polar surface area (TPSA) is 43.9 Å². The van der Waals surface area contributed by atoms with Crippen molar-refractivity contribution in [1.29, 1.82) is 0 Å². The number of carbonyl (C=O) groups excluding carboxylic acids is 2. The van der Waals surface area contributed by atoms with Gasteiger partial charge in [-0.2, -0.15) is 0 Å². The number of hydrogen-bond acceptors (Lipinski definition) is 3. The quantitative estimate of drug-likeness (QED) is 0.611. The molecule has 2 saturated carbocycles. The summed E-state index contributed by atoms with van der Waals surface area (Å²) < 4.78 is 0. The van der Waals surface area contributed by atoms with E-state index >= 15 is 0 Å². The lowest BCUT2D eigenvalue weighted by Gasteiger charge is -2.41. The van der Waals surface area contributed by atoms with Gasteiger partial charge in [-0.3, -0.25) is 14.5 Å². The van der Waals surface area contributed by atoms with Crippen molar-refractivity contribution in [3.8, 4) is 0 Å². The lowest BCUT2D eigenvalue weighted by Crippen LogP contribution is -2.53. The predicted octanol–water partition coefficient (Wildman–Crippen LogP) is 4.46. The molecule has 178 valence electrons. The van der Waals surface area contributed by atoms with E-state index in [0.717, 1.165) is 70.1 Å². The molecule has 0 N–H and O–H groups in total. The number of piperidine rings is 1. The minimum atomic E-state index is 0.0576. The molecule has 2 amide bonds. The van der Waals surface area contributed by atoms with Crippen LogP contribution in [0.5, 0.6) is 0 Å². The van der Waals surface area contributed by atoms with Crippen molar-refractivity contribution in [1.82, 2.24) is 14.7 Å². The van der Waals surface area contributed by atoms with E-state index in [1.165, 1.54) is 32.1 Å². The van der Waals surface area contributed by atoms with Gasteiger partial charge in [-0.1, -0.05) is 43.0 Å². The van der Waals surface area contributed by atoms with Gasteiger partial charge in [0.1, 0.15) is 0 Å². The maximum atomic E-state index is 13.2. The average Bonchev–Trinajstić information content (AvgIpc) is 3.57. The van der Waals surface area contributed by atoms with Gasteiger partial charge in [0.25, 0.3) is 0 Å². The lowest BCUT2D eigenvalue weighted by molar-refractivity contribution is -0.136. The molecular formula is C27H36ClN3O2. The van der Waals surface area contributed by atoms with E-state index in [0.29, 0.717) is 10.9 Å². The Morgan fingerprint density at radius 1 is 0.879 bits per heavy atom. The van der Waals surface area contributed by atoms with Crippen molar-refractivity contribution in [2.24, 2.45) is 11.3 Å².